The molecule has 0 saturated heterocycles. The van der Waals surface area contributed by atoms with Crippen molar-refractivity contribution in [2.45, 2.75) is 53.2 Å². The van der Waals surface area contributed by atoms with Crippen molar-refractivity contribution in [3.8, 4) is 0 Å². The normalized spacial score (nSPS) is 13.9. The molecular weight excluding hydrogens is 298 g/mol. The quantitative estimate of drug-likeness (QED) is 0.697. The van der Waals surface area contributed by atoms with Gasteiger partial charge in [0.2, 0.25) is 10.0 Å². The first-order chi connectivity index (χ1) is 9.38. The van der Waals surface area contributed by atoms with Crippen LogP contribution < -0.4 is 4.72 Å². The Morgan fingerprint density at radius 1 is 1.19 bits per heavy atom. The van der Waals surface area contributed by atoms with E-state index in [2.05, 4.69) is 9.46 Å². The smallest absolute Gasteiger partial charge is 0.324 e. The van der Waals surface area contributed by atoms with E-state index >= 15 is 0 Å². The highest BCUT2D eigenvalue weighted by molar-refractivity contribution is 7.90. The number of esters is 2. The standard InChI is InChI=1S/C13H25NO6S/c1-7-19-10(15)8-21(17,18)14-11(9(2)3)12(16)20-13(4,5)6/h9,11,14H,7-8H2,1-6H3/t11-/m1/s1. The van der Waals surface area contributed by atoms with Crippen molar-refractivity contribution in [1.29, 1.82) is 0 Å². The van der Waals surface area contributed by atoms with Crippen LogP contribution in [0.3, 0.4) is 0 Å². The fraction of sp³-hybridized carbons (Fsp3) is 0.846. The first-order valence-electron chi connectivity index (χ1n) is 6.76. The van der Waals surface area contributed by atoms with Gasteiger partial charge in [0.1, 0.15) is 11.6 Å². The summed E-state index contributed by atoms with van der Waals surface area (Å²) in [7, 11) is -3.97. The number of nitrogens with one attached hydrogen (secondary N) is 1. The van der Waals surface area contributed by atoms with Gasteiger partial charge < -0.3 is 9.47 Å². The van der Waals surface area contributed by atoms with Crippen molar-refractivity contribution in [1.82, 2.24) is 4.72 Å². The van der Waals surface area contributed by atoms with E-state index in [1.54, 1.807) is 41.5 Å². The second-order valence-corrected chi connectivity index (χ2v) is 7.69. The summed E-state index contributed by atoms with van der Waals surface area (Å²) in [6, 6.07) is -1.05. The first kappa shape index (κ1) is 19.9. The maximum atomic E-state index is 12.0. The highest BCUT2D eigenvalue weighted by Gasteiger charge is 2.32. The van der Waals surface area contributed by atoms with Gasteiger partial charge in [-0.3, -0.25) is 9.59 Å². The van der Waals surface area contributed by atoms with E-state index in [0.717, 1.165) is 0 Å². The number of sulfonamides is 1. The molecule has 1 N–H and O–H groups in total. The molecule has 0 aliphatic carbocycles. The predicted octanol–water partition coefficient (Wildman–Crippen LogP) is 0.835. The molecule has 0 radical (unpaired) electrons. The third-order valence-corrected chi connectivity index (χ3v) is 3.48. The predicted molar refractivity (Wildman–Crippen MR) is 78.0 cm³/mol. The van der Waals surface area contributed by atoms with Gasteiger partial charge in [-0.05, 0) is 33.6 Å². The highest BCUT2D eigenvalue weighted by Crippen LogP contribution is 2.13. The fourth-order valence-corrected chi connectivity index (χ4v) is 2.65. The van der Waals surface area contributed by atoms with E-state index in [1.165, 1.54) is 0 Å². The minimum Gasteiger partial charge on any atom is -0.465 e. The molecule has 124 valence electrons. The van der Waals surface area contributed by atoms with Gasteiger partial charge in [0, 0.05) is 0 Å². The molecule has 0 saturated carbocycles. The minimum absolute atomic E-state index is 0.0913. The molecule has 0 aliphatic rings. The zero-order chi connectivity index (χ0) is 16.8. The number of rotatable bonds is 7. The fourth-order valence-electron chi connectivity index (χ4n) is 1.41. The second-order valence-electron chi connectivity index (χ2n) is 5.94. The Morgan fingerprint density at radius 3 is 2.10 bits per heavy atom. The lowest BCUT2D eigenvalue weighted by Crippen LogP contribution is -2.48. The highest BCUT2D eigenvalue weighted by atomic mass is 32.2. The Morgan fingerprint density at radius 2 is 1.71 bits per heavy atom. The van der Waals surface area contributed by atoms with Gasteiger partial charge >= 0.3 is 11.9 Å². The van der Waals surface area contributed by atoms with Crippen LogP contribution in [0.4, 0.5) is 0 Å². The van der Waals surface area contributed by atoms with Crippen LogP contribution in [0.2, 0.25) is 0 Å². The summed E-state index contributed by atoms with van der Waals surface area (Å²) < 4.78 is 35.7. The molecule has 7 nitrogen and oxygen atoms in total. The molecular formula is C13H25NO6S. The largest absolute Gasteiger partial charge is 0.465 e. The van der Waals surface area contributed by atoms with Crippen LogP contribution in [0.1, 0.15) is 41.5 Å². The molecule has 1 atom stereocenters. The summed E-state index contributed by atoms with van der Waals surface area (Å²) in [5.41, 5.74) is -0.725. The van der Waals surface area contributed by atoms with Crippen LogP contribution in [-0.4, -0.2) is 44.4 Å². The minimum atomic E-state index is -3.97. The lowest BCUT2D eigenvalue weighted by Gasteiger charge is -2.26. The van der Waals surface area contributed by atoms with Crippen LogP contribution in [0.25, 0.3) is 0 Å². The topological polar surface area (TPSA) is 98.8 Å². The lowest BCUT2D eigenvalue weighted by atomic mass is 10.1. The molecule has 0 aliphatic heterocycles. The van der Waals surface area contributed by atoms with Crippen LogP contribution in [0.15, 0.2) is 0 Å². The van der Waals surface area contributed by atoms with Gasteiger partial charge in [-0.1, -0.05) is 13.8 Å². The molecule has 0 rings (SSSR count). The summed E-state index contributed by atoms with van der Waals surface area (Å²) in [4.78, 5) is 23.3. The third-order valence-electron chi connectivity index (χ3n) is 2.25. The van der Waals surface area contributed by atoms with Crippen molar-refractivity contribution < 1.29 is 27.5 Å². The molecule has 0 unspecified atom stereocenters. The number of carbonyl (C=O) groups is 2. The molecule has 0 amide bonds. The van der Waals surface area contributed by atoms with Gasteiger partial charge in [-0.25, -0.2) is 13.1 Å². The molecule has 8 heteroatoms. The van der Waals surface area contributed by atoms with Crippen LogP contribution in [0.5, 0.6) is 0 Å². The lowest BCUT2D eigenvalue weighted by molar-refractivity contribution is -0.158. The second kappa shape index (κ2) is 7.74. The maximum absolute atomic E-state index is 12.0. The van der Waals surface area contributed by atoms with Crippen molar-refractivity contribution >= 4 is 22.0 Å². The van der Waals surface area contributed by atoms with Crippen LogP contribution in [0, 0.1) is 5.92 Å². The monoisotopic (exact) mass is 323 g/mol. The molecule has 0 bridgehead atoms. The summed E-state index contributed by atoms with van der Waals surface area (Å²) in [6.07, 6.45) is 0. The molecule has 0 spiro atoms. The Labute approximate surface area is 126 Å². The summed E-state index contributed by atoms with van der Waals surface area (Å²) in [5, 5.41) is 0. The number of ether oxygens (including phenoxy) is 2. The molecule has 0 aromatic heterocycles. The van der Waals surface area contributed by atoms with E-state index in [4.69, 9.17) is 4.74 Å². The van der Waals surface area contributed by atoms with Crippen molar-refractivity contribution in [3.63, 3.8) is 0 Å². The number of hydrogen-bond acceptors (Lipinski definition) is 6. The Kier molecular flexibility index (Phi) is 7.32. The summed E-state index contributed by atoms with van der Waals surface area (Å²) in [5.74, 6) is -2.69. The van der Waals surface area contributed by atoms with Gasteiger partial charge in [0.05, 0.1) is 6.61 Å². The van der Waals surface area contributed by atoms with Gasteiger partial charge in [0.15, 0.2) is 5.75 Å². The SMILES string of the molecule is CCOC(=O)CS(=O)(=O)N[C@@H](C(=O)OC(C)(C)C)C(C)C. The van der Waals surface area contributed by atoms with E-state index < -0.39 is 39.4 Å². The molecule has 0 aromatic rings. The van der Waals surface area contributed by atoms with E-state index in [9.17, 15) is 18.0 Å². The van der Waals surface area contributed by atoms with Gasteiger partial charge in [-0.2, -0.15) is 0 Å². The number of carbonyl (C=O) groups excluding carboxylic acids is 2. The first-order valence-corrected chi connectivity index (χ1v) is 8.41. The number of hydrogen-bond donors (Lipinski definition) is 1. The average molecular weight is 323 g/mol. The van der Waals surface area contributed by atoms with E-state index in [1.807, 2.05) is 0 Å². The van der Waals surface area contributed by atoms with Crippen molar-refractivity contribution in [3.05, 3.63) is 0 Å². The Balaban J connectivity index is 4.93. The Hall–Kier alpha value is -1.15. The molecule has 0 fully saturated rings. The van der Waals surface area contributed by atoms with E-state index in [-0.39, 0.29) is 12.5 Å². The van der Waals surface area contributed by atoms with Crippen molar-refractivity contribution in [2.75, 3.05) is 12.4 Å². The maximum Gasteiger partial charge on any atom is 0.324 e. The molecule has 21 heavy (non-hydrogen) atoms. The zero-order valence-corrected chi connectivity index (χ0v) is 14.2. The van der Waals surface area contributed by atoms with E-state index in [0.29, 0.717) is 0 Å². The van der Waals surface area contributed by atoms with Crippen LogP contribution in [-0.2, 0) is 29.1 Å². The van der Waals surface area contributed by atoms with Crippen LogP contribution >= 0.6 is 0 Å². The zero-order valence-electron chi connectivity index (χ0n) is 13.4. The Bertz CT molecular complexity index is 464. The average Bonchev–Trinajstić information content (AvgIpc) is 2.22. The summed E-state index contributed by atoms with van der Waals surface area (Å²) in [6.45, 7) is 10.1. The van der Waals surface area contributed by atoms with Gasteiger partial charge in [0.25, 0.3) is 0 Å². The summed E-state index contributed by atoms with van der Waals surface area (Å²) >= 11 is 0. The molecule has 0 aromatic carbocycles. The molecule has 0 heterocycles. The third kappa shape index (κ3) is 8.67. The van der Waals surface area contributed by atoms with Gasteiger partial charge in [-0.15, -0.1) is 0 Å². The van der Waals surface area contributed by atoms with Crippen molar-refractivity contribution in [2.24, 2.45) is 5.92 Å².